The Bertz CT molecular complexity index is 1100. The van der Waals surface area contributed by atoms with Crippen molar-refractivity contribution >= 4 is 5.91 Å². The predicted octanol–water partition coefficient (Wildman–Crippen LogP) is 6.08. The molecule has 0 bridgehead atoms. The minimum atomic E-state index is 0.170. The summed E-state index contributed by atoms with van der Waals surface area (Å²) in [5.41, 5.74) is 3.09. The van der Waals surface area contributed by atoms with E-state index in [9.17, 15) is 9.90 Å². The zero-order valence-corrected chi connectivity index (χ0v) is 20.4. The molecule has 3 aromatic rings. The zero-order valence-electron chi connectivity index (χ0n) is 20.4. The summed E-state index contributed by atoms with van der Waals surface area (Å²) in [5.74, 6) is 1.23. The van der Waals surface area contributed by atoms with E-state index in [4.69, 9.17) is 0 Å². The largest absolute Gasteiger partial charge is 0.508 e. The lowest BCUT2D eigenvalue weighted by Gasteiger charge is -2.37. The van der Waals surface area contributed by atoms with E-state index >= 15 is 0 Å². The van der Waals surface area contributed by atoms with Crippen molar-refractivity contribution in [2.75, 3.05) is 19.6 Å². The summed E-state index contributed by atoms with van der Waals surface area (Å²) in [7, 11) is 0. The van der Waals surface area contributed by atoms with Crippen LogP contribution in [0.1, 0.15) is 59.5 Å². The molecule has 182 valence electrons. The molecule has 1 amide bonds. The lowest BCUT2D eigenvalue weighted by molar-refractivity contribution is 0.0588. The molecule has 1 saturated carbocycles. The molecule has 4 nitrogen and oxygen atoms in total. The van der Waals surface area contributed by atoms with Gasteiger partial charge in [0.2, 0.25) is 0 Å². The maximum atomic E-state index is 13.8. The highest BCUT2D eigenvalue weighted by molar-refractivity contribution is 5.94. The van der Waals surface area contributed by atoms with E-state index < -0.39 is 0 Å². The summed E-state index contributed by atoms with van der Waals surface area (Å²) in [5, 5.41) is 10.4. The Morgan fingerprint density at radius 1 is 0.829 bits per heavy atom. The fourth-order valence-corrected chi connectivity index (χ4v) is 6.03. The van der Waals surface area contributed by atoms with Crippen molar-refractivity contribution in [2.45, 2.75) is 50.6 Å². The molecule has 1 aliphatic carbocycles. The number of benzene rings is 3. The fourth-order valence-electron chi connectivity index (χ4n) is 6.03. The van der Waals surface area contributed by atoms with Crippen LogP contribution >= 0.6 is 0 Å². The number of aromatic hydroxyl groups is 1. The average molecular weight is 469 g/mol. The van der Waals surface area contributed by atoms with Gasteiger partial charge < -0.3 is 10.0 Å². The number of phenolic OH excluding ortho intramolecular Hbond substituents is 1. The Morgan fingerprint density at radius 3 is 2.20 bits per heavy atom. The molecular weight excluding hydrogens is 432 g/mol. The highest BCUT2D eigenvalue weighted by atomic mass is 16.3. The summed E-state index contributed by atoms with van der Waals surface area (Å²) >= 11 is 0. The molecule has 2 unspecified atom stereocenters. The first-order valence-corrected chi connectivity index (χ1v) is 13.1. The molecule has 2 fully saturated rings. The number of amides is 1. The highest BCUT2D eigenvalue weighted by Gasteiger charge is 2.38. The maximum Gasteiger partial charge on any atom is 0.254 e. The van der Waals surface area contributed by atoms with Crippen LogP contribution in [0.5, 0.6) is 5.75 Å². The van der Waals surface area contributed by atoms with Crippen molar-refractivity contribution in [1.82, 2.24) is 9.80 Å². The lowest BCUT2D eigenvalue weighted by atomic mass is 9.87. The Morgan fingerprint density at radius 2 is 1.49 bits per heavy atom. The average Bonchev–Trinajstić information content (AvgIpc) is 3.32. The minimum Gasteiger partial charge on any atom is -0.508 e. The van der Waals surface area contributed by atoms with Crippen molar-refractivity contribution in [1.29, 1.82) is 0 Å². The van der Waals surface area contributed by atoms with Crippen molar-refractivity contribution in [3.8, 4) is 5.75 Å². The van der Waals surface area contributed by atoms with Crippen molar-refractivity contribution in [3.63, 3.8) is 0 Å². The molecule has 1 N–H and O–H groups in total. The number of phenols is 1. The summed E-state index contributed by atoms with van der Waals surface area (Å²) in [6, 6.07) is 28.5. The first kappa shape index (κ1) is 23.6. The first-order valence-electron chi connectivity index (χ1n) is 13.1. The number of carbonyl (C=O) groups excluding carboxylic acids is 1. The van der Waals surface area contributed by atoms with E-state index in [1.165, 1.54) is 24.8 Å². The second kappa shape index (κ2) is 11.1. The van der Waals surface area contributed by atoms with Gasteiger partial charge in [0.25, 0.3) is 5.91 Å². The number of nitrogens with zero attached hydrogens (tertiary/aromatic N) is 2. The molecule has 5 rings (SSSR count). The lowest BCUT2D eigenvalue weighted by Crippen LogP contribution is -2.45. The van der Waals surface area contributed by atoms with Gasteiger partial charge >= 0.3 is 0 Å². The van der Waals surface area contributed by atoms with Crippen molar-refractivity contribution < 1.29 is 9.90 Å². The molecule has 4 heteroatoms. The Hall–Kier alpha value is -3.11. The molecule has 3 aromatic carbocycles. The molecule has 0 radical (unpaired) electrons. The Balaban J connectivity index is 1.41. The number of likely N-dealkylation sites (tertiary alicyclic amines) is 1. The van der Waals surface area contributed by atoms with Gasteiger partial charge in [0.1, 0.15) is 5.75 Å². The monoisotopic (exact) mass is 468 g/mol. The van der Waals surface area contributed by atoms with E-state index in [0.29, 0.717) is 23.6 Å². The molecule has 2 aliphatic rings. The van der Waals surface area contributed by atoms with E-state index in [2.05, 4.69) is 40.1 Å². The molecule has 1 saturated heterocycles. The van der Waals surface area contributed by atoms with Gasteiger partial charge in [-0.25, -0.2) is 0 Å². The zero-order chi connectivity index (χ0) is 24.0. The third-order valence-corrected chi connectivity index (χ3v) is 7.86. The topological polar surface area (TPSA) is 43.8 Å². The van der Waals surface area contributed by atoms with Gasteiger partial charge in [-0.2, -0.15) is 0 Å². The van der Waals surface area contributed by atoms with Crippen LogP contribution in [0.2, 0.25) is 0 Å². The fraction of sp³-hybridized carbons (Fsp3) is 0.387. The smallest absolute Gasteiger partial charge is 0.254 e. The number of carbonyl (C=O) groups is 1. The van der Waals surface area contributed by atoms with E-state index in [1.54, 1.807) is 6.07 Å². The van der Waals surface area contributed by atoms with E-state index in [-0.39, 0.29) is 5.91 Å². The van der Waals surface area contributed by atoms with Gasteiger partial charge in [0, 0.05) is 49.3 Å². The number of hydrogen-bond donors (Lipinski definition) is 1. The van der Waals surface area contributed by atoms with Crippen LogP contribution in [0.4, 0.5) is 0 Å². The molecular formula is C31H36N2O2. The van der Waals surface area contributed by atoms with Crippen LogP contribution in [-0.2, 0) is 6.54 Å². The summed E-state index contributed by atoms with van der Waals surface area (Å²) in [4.78, 5) is 18.4. The maximum absolute atomic E-state index is 13.8. The predicted molar refractivity (Wildman–Crippen MR) is 140 cm³/mol. The van der Waals surface area contributed by atoms with Crippen molar-refractivity contribution in [2.24, 2.45) is 5.92 Å². The molecule has 35 heavy (non-hydrogen) atoms. The van der Waals surface area contributed by atoms with Gasteiger partial charge in [0.15, 0.2) is 0 Å². The van der Waals surface area contributed by atoms with Gasteiger partial charge in [-0.3, -0.25) is 9.69 Å². The summed E-state index contributed by atoms with van der Waals surface area (Å²) in [6.07, 6.45) is 5.88. The van der Waals surface area contributed by atoms with Gasteiger partial charge in [-0.1, -0.05) is 86.0 Å². The van der Waals surface area contributed by atoms with Gasteiger partial charge in [0.05, 0.1) is 0 Å². The normalized spacial score (nSPS) is 21.1. The van der Waals surface area contributed by atoms with E-state index in [0.717, 1.165) is 50.1 Å². The third kappa shape index (κ3) is 5.59. The first-order chi connectivity index (χ1) is 17.2. The molecule has 1 heterocycles. The minimum absolute atomic E-state index is 0.170. The quantitative estimate of drug-likeness (QED) is 0.457. The second-order valence-corrected chi connectivity index (χ2v) is 10.2. The van der Waals surface area contributed by atoms with E-state index in [1.807, 2.05) is 48.5 Å². The van der Waals surface area contributed by atoms with Crippen LogP contribution in [0.3, 0.4) is 0 Å². The van der Waals surface area contributed by atoms with Gasteiger partial charge in [-0.15, -0.1) is 0 Å². The number of rotatable bonds is 7. The SMILES string of the molecule is O=C(c1ccccc1)N(CC1CN(Cc2ccccc2O)CC1c1ccccc1)C1CCCCC1. The Labute approximate surface area is 209 Å². The third-order valence-electron chi connectivity index (χ3n) is 7.86. The summed E-state index contributed by atoms with van der Waals surface area (Å²) < 4.78 is 0. The number of hydrogen-bond acceptors (Lipinski definition) is 3. The van der Waals surface area contributed by atoms with Crippen LogP contribution in [0, 0.1) is 5.92 Å². The van der Waals surface area contributed by atoms with Crippen LogP contribution in [0.25, 0.3) is 0 Å². The second-order valence-electron chi connectivity index (χ2n) is 10.2. The molecule has 2 atom stereocenters. The molecule has 0 spiro atoms. The number of para-hydroxylation sites is 1. The molecule has 1 aliphatic heterocycles. The van der Waals surface area contributed by atoms with Crippen LogP contribution in [0.15, 0.2) is 84.9 Å². The van der Waals surface area contributed by atoms with Crippen LogP contribution < -0.4 is 0 Å². The van der Waals surface area contributed by atoms with Crippen LogP contribution in [-0.4, -0.2) is 46.5 Å². The highest BCUT2D eigenvalue weighted by Crippen LogP contribution is 2.36. The van der Waals surface area contributed by atoms with Crippen molar-refractivity contribution in [3.05, 3.63) is 102 Å². The summed E-state index contributed by atoms with van der Waals surface area (Å²) in [6.45, 7) is 3.35. The van der Waals surface area contributed by atoms with Gasteiger partial charge in [-0.05, 0) is 42.5 Å². The standard InChI is InChI=1S/C31H36N2O2/c34-30-19-11-10-16-26(30)20-32-21-27(29(23-32)24-12-4-1-5-13-24)22-33(28-17-8-3-9-18-28)31(35)25-14-6-2-7-15-25/h1-2,4-7,10-16,19,27-29,34H,3,8-9,17-18,20-23H2. The Kier molecular flexibility index (Phi) is 7.48. The molecule has 0 aromatic heterocycles.